The molecule has 0 saturated carbocycles. The van der Waals surface area contributed by atoms with Gasteiger partial charge in [-0.25, -0.2) is 15.0 Å². The number of anilines is 2. The highest BCUT2D eigenvalue weighted by Gasteiger charge is 2.43. The lowest BCUT2D eigenvalue weighted by Gasteiger charge is -2.30. The first kappa shape index (κ1) is 35.8. The Morgan fingerprint density at radius 1 is 0.403 bits per heavy atom. The Kier molecular flexibility index (Phi) is 8.56. The molecule has 12 rings (SSSR count). The van der Waals surface area contributed by atoms with Crippen molar-refractivity contribution in [2.75, 3.05) is 4.90 Å². The van der Waals surface area contributed by atoms with Gasteiger partial charge >= 0.3 is 0 Å². The normalized spacial score (nSPS) is 15.0. The van der Waals surface area contributed by atoms with Crippen molar-refractivity contribution >= 4 is 28.4 Å². The fourth-order valence-corrected chi connectivity index (χ4v) is 9.35. The van der Waals surface area contributed by atoms with E-state index in [1.807, 2.05) is 36.4 Å². The second-order valence-electron chi connectivity index (χ2n) is 16.0. The van der Waals surface area contributed by atoms with Crippen LogP contribution in [0.4, 0.5) is 11.4 Å². The fourth-order valence-electron chi connectivity index (χ4n) is 9.35. The molecule has 0 spiro atoms. The molecule has 2 aromatic heterocycles. The lowest BCUT2D eigenvalue weighted by atomic mass is 9.82. The number of benzene rings is 8. The molecule has 1 aliphatic heterocycles. The van der Waals surface area contributed by atoms with Crippen LogP contribution >= 0.6 is 0 Å². The number of nitrogens with zero attached hydrogens (tertiary/aromatic N) is 4. The molecule has 0 amide bonds. The van der Waals surface area contributed by atoms with E-state index in [0.717, 1.165) is 50.2 Å². The molecule has 0 fully saturated rings. The quantitative estimate of drug-likeness (QED) is 0.161. The number of furan rings is 1. The predicted octanol–water partition coefficient (Wildman–Crippen LogP) is 14.3. The van der Waals surface area contributed by atoms with Gasteiger partial charge in [-0.2, -0.15) is 0 Å². The van der Waals surface area contributed by atoms with Crippen LogP contribution in [0.15, 0.2) is 217 Å². The van der Waals surface area contributed by atoms with Crippen LogP contribution in [0.1, 0.15) is 22.8 Å². The van der Waals surface area contributed by atoms with E-state index in [2.05, 4.69) is 187 Å². The van der Waals surface area contributed by atoms with Crippen molar-refractivity contribution in [1.82, 2.24) is 15.0 Å². The molecule has 2 unspecified atom stereocenters. The van der Waals surface area contributed by atoms with Crippen molar-refractivity contribution in [3.63, 3.8) is 0 Å². The van der Waals surface area contributed by atoms with Crippen LogP contribution in [0.2, 0.25) is 0 Å². The zero-order valence-corrected chi connectivity index (χ0v) is 33.6. The van der Waals surface area contributed by atoms with Gasteiger partial charge in [0.15, 0.2) is 17.5 Å². The van der Waals surface area contributed by atoms with E-state index < -0.39 is 0 Å². The van der Waals surface area contributed by atoms with Crippen molar-refractivity contribution in [3.05, 3.63) is 229 Å². The summed E-state index contributed by atoms with van der Waals surface area (Å²) in [5, 5.41) is 1.10. The maximum absolute atomic E-state index is 6.74. The highest BCUT2D eigenvalue weighted by molar-refractivity contribution is 5.92. The Hall–Kier alpha value is -8.15. The van der Waals surface area contributed by atoms with Gasteiger partial charge in [0.05, 0.1) is 6.04 Å². The van der Waals surface area contributed by atoms with Crippen molar-refractivity contribution in [2.24, 2.45) is 0 Å². The number of hydrogen-bond acceptors (Lipinski definition) is 5. The van der Waals surface area contributed by atoms with Crippen molar-refractivity contribution in [3.8, 4) is 67.5 Å². The maximum Gasteiger partial charge on any atom is 0.164 e. The van der Waals surface area contributed by atoms with Crippen LogP contribution in [0, 0.1) is 0 Å². The summed E-state index contributed by atoms with van der Waals surface area (Å²) in [4.78, 5) is 17.7. The monoisotopic (exact) mass is 794 g/mol. The highest BCUT2D eigenvalue weighted by atomic mass is 16.3. The maximum atomic E-state index is 6.74. The molecule has 5 heteroatoms. The molecule has 0 N–H and O–H groups in total. The molecular weight excluding hydrogens is 757 g/mol. The summed E-state index contributed by atoms with van der Waals surface area (Å²) < 4.78 is 6.74. The van der Waals surface area contributed by atoms with E-state index in [1.54, 1.807) is 0 Å². The minimum Gasteiger partial charge on any atom is -0.456 e. The van der Waals surface area contributed by atoms with Gasteiger partial charge in [0, 0.05) is 44.9 Å². The zero-order valence-electron chi connectivity index (χ0n) is 33.6. The van der Waals surface area contributed by atoms with E-state index in [1.165, 1.54) is 39.1 Å². The van der Waals surface area contributed by atoms with Gasteiger partial charge < -0.3 is 9.32 Å². The molecule has 1 aliphatic carbocycles. The van der Waals surface area contributed by atoms with Crippen LogP contribution in [-0.2, 0) is 0 Å². The summed E-state index contributed by atoms with van der Waals surface area (Å²) in [6.45, 7) is 0. The van der Waals surface area contributed by atoms with Gasteiger partial charge in [-0.05, 0) is 81.4 Å². The number of aromatic nitrogens is 3. The van der Waals surface area contributed by atoms with Gasteiger partial charge in [0.1, 0.15) is 11.3 Å². The van der Waals surface area contributed by atoms with E-state index in [-0.39, 0.29) is 12.0 Å². The Labute approximate surface area is 360 Å². The van der Waals surface area contributed by atoms with Crippen LogP contribution < -0.4 is 4.90 Å². The van der Waals surface area contributed by atoms with Gasteiger partial charge in [0.2, 0.25) is 0 Å². The van der Waals surface area contributed by atoms with E-state index in [4.69, 9.17) is 19.4 Å². The third kappa shape index (κ3) is 6.22. The summed E-state index contributed by atoms with van der Waals surface area (Å²) in [7, 11) is 0. The molecule has 8 aromatic carbocycles. The molecule has 10 aromatic rings. The Morgan fingerprint density at radius 2 is 0.887 bits per heavy atom. The molecule has 5 nitrogen and oxygen atoms in total. The van der Waals surface area contributed by atoms with Gasteiger partial charge in [0.25, 0.3) is 0 Å². The van der Waals surface area contributed by atoms with E-state index >= 15 is 0 Å². The van der Waals surface area contributed by atoms with Crippen molar-refractivity contribution < 1.29 is 4.42 Å². The standard InChI is InChI=1S/C57H38N4O/c1-4-14-37(15-5-1)41-20-12-21-42(34-41)39-26-29-46(30-27-39)61-49-25-11-10-24-47(49)53-50(61)32-33-51-54(53)48-31-28-45(36-52(48)62-51)57-59-55(40-18-8-3-9-19-40)58-56(60-57)44-23-13-22-43(35-44)38-16-6-2-7-17-38/h1-36,50,53H. The van der Waals surface area contributed by atoms with Crippen LogP contribution in [0.25, 0.3) is 84.6 Å². The largest absolute Gasteiger partial charge is 0.456 e. The smallest absolute Gasteiger partial charge is 0.164 e. The molecular formula is C57H38N4O. The average Bonchev–Trinajstić information content (AvgIpc) is 3.90. The molecule has 0 bridgehead atoms. The topological polar surface area (TPSA) is 55.1 Å². The predicted molar refractivity (Wildman–Crippen MR) is 252 cm³/mol. The van der Waals surface area contributed by atoms with Crippen molar-refractivity contribution in [1.29, 1.82) is 0 Å². The summed E-state index contributed by atoms with van der Waals surface area (Å²) >= 11 is 0. The first-order valence-electron chi connectivity index (χ1n) is 21.1. The van der Waals surface area contributed by atoms with Crippen LogP contribution in [0.5, 0.6) is 0 Å². The summed E-state index contributed by atoms with van der Waals surface area (Å²) in [6, 6.07) is 72.6. The number of para-hydroxylation sites is 1. The fraction of sp³-hybridized carbons (Fsp3) is 0.0351. The molecule has 3 heterocycles. The second-order valence-corrected chi connectivity index (χ2v) is 16.0. The minimum atomic E-state index is 0.0822. The second kappa shape index (κ2) is 14.8. The summed E-state index contributed by atoms with van der Waals surface area (Å²) in [5.74, 6) is 2.81. The lowest BCUT2D eigenvalue weighted by molar-refractivity contribution is 0.584. The van der Waals surface area contributed by atoms with E-state index in [0.29, 0.717) is 17.5 Å². The van der Waals surface area contributed by atoms with Gasteiger partial charge in [-0.3, -0.25) is 0 Å². The SMILES string of the molecule is C1=CC2C(c3ccccc3N2c2ccc(-c3cccc(-c4ccccc4)c3)cc2)c2c1oc1cc(-c3nc(-c4ccccc4)nc(-c4cccc(-c5ccccc5)c4)n3)ccc21. The molecule has 2 aliphatic rings. The van der Waals surface area contributed by atoms with Gasteiger partial charge in [-0.15, -0.1) is 0 Å². The number of fused-ring (bicyclic) bond motifs is 7. The molecule has 62 heavy (non-hydrogen) atoms. The third-order valence-electron chi connectivity index (χ3n) is 12.3. The Bertz CT molecular complexity index is 3300. The van der Waals surface area contributed by atoms with E-state index in [9.17, 15) is 0 Å². The summed E-state index contributed by atoms with van der Waals surface area (Å²) in [5.41, 5.74) is 15.5. The van der Waals surface area contributed by atoms with Crippen LogP contribution in [-0.4, -0.2) is 21.0 Å². The van der Waals surface area contributed by atoms with Crippen molar-refractivity contribution in [2.45, 2.75) is 12.0 Å². The highest BCUT2D eigenvalue weighted by Crippen LogP contribution is 2.53. The molecule has 292 valence electrons. The third-order valence-corrected chi connectivity index (χ3v) is 12.3. The number of hydrogen-bond donors (Lipinski definition) is 0. The first-order chi connectivity index (χ1) is 30.7. The first-order valence-corrected chi connectivity index (χ1v) is 21.1. The molecule has 2 atom stereocenters. The van der Waals surface area contributed by atoms with Gasteiger partial charge in [-0.1, -0.05) is 176 Å². The Morgan fingerprint density at radius 3 is 1.53 bits per heavy atom. The van der Waals surface area contributed by atoms with Crippen LogP contribution in [0.3, 0.4) is 0 Å². The Balaban J connectivity index is 0.904. The molecule has 0 saturated heterocycles. The minimum absolute atomic E-state index is 0.0822. The average molecular weight is 795 g/mol. The molecule has 0 radical (unpaired) electrons. The zero-order chi connectivity index (χ0) is 41.0. The summed E-state index contributed by atoms with van der Waals surface area (Å²) in [6.07, 6.45) is 4.47. The lowest BCUT2D eigenvalue weighted by Crippen LogP contribution is -2.30. The number of rotatable bonds is 7.